The number of halogens is 1. The van der Waals surface area contributed by atoms with Crippen LogP contribution >= 0.6 is 0 Å². The molecule has 1 aromatic carbocycles. The Labute approximate surface area is 76.5 Å². The molecule has 2 unspecified atom stereocenters. The maximum Gasteiger partial charge on any atom is 0.123 e. The van der Waals surface area contributed by atoms with Gasteiger partial charge in [-0.05, 0) is 25.1 Å². The topological polar surface area (TPSA) is 35.2 Å². The van der Waals surface area contributed by atoms with Gasteiger partial charge in [0.15, 0.2) is 0 Å². The number of hydrogen-bond acceptors (Lipinski definition) is 2. The fraction of sp³-hybridized carbons (Fsp3) is 0.400. The molecule has 2 atom stereocenters. The Balaban J connectivity index is 2.40. The minimum absolute atomic E-state index is 0.00282. The average Bonchev–Trinajstić information content (AvgIpc) is 2.46. The lowest BCUT2D eigenvalue weighted by atomic mass is 9.95. The van der Waals surface area contributed by atoms with Crippen molar-refractivity contribution in [1.29, 1.82) is 0 Å². The van der Waals surface area contributed by atoms with E-state index >= 15 is 0 Å². The fourth-order valence-electron chi connectivity index (χ4n) is 1.64. The molecule has 0 fully saturated rings. The zero-order valence-electron chi connectivity index (χ0n) is 7.46. The second kappa shape index (κ2) is 3.00. The Morgan fingerprint density at radius 2 is 2.38 bits per heavy atom. The third-order valence-corrected chi connectivity index (χ3v) is 2.42. The van der Waals surface area contributed by atoms with Crippen molar-refractivity contribution in [2.75, 3.05) is 6.61 Å². The van der Waals surface area contributed by atoms with Gasteiger partial charge >= 0.3 is 0 Å². The summed E-state index contributed by atoms with van der Waals surface area (Å²) < 4.78 is 18.3. The Bertz CT molecular complexity index is 325. The van der Waals surface area contributed by atoms with Crippen LogP contribution in [0.3, 0.4) is 0 Å². The van der Waals surface area contributed by atoms with E-state index in [0.29, 0.717) is 6.61 Å². The van der Waals surface area contributed by atoms with Crippen LogP contribution in [-0.2, 0) is 0 Å². The summed E-state index contributed by atoms with van der Waals surface area (Å²) in [6.07, 6.45) is 0. The number of fused-ring (bicyclic) bond motifs is 1. The van der Waals surface area contributed by atoms with E-state index in [-0.39, 0.29) is 17.8 Å². The van der Waals surface area contributed by atoms with Crippen molar-refractivity contribution in [3.63, 3.8) is 0 Å². The highest BCUT2D eigenvalue weighted by atomic mass is 19.1. The average molecular weight is 181 g/mol. The van der Waals surface area contributed by atoms with Gasteiger partial charge < -0.3 is 10.5 Å². The van der Waals surface area contributed by atoms with E-state index in [1.54, 1.807) is 6.07 Å². The molecule has 0 radical (unpaired) electrons. The molecular formula is C10H12FNO. The lowest BCUT2D eigenvalue weighted by Gasteiger charge is -2.12. The van der Waals surface area contributed by atoms with Gasteiger partial charge in [0.25, 0.3) is 0 Å². The largest absolute Gasteiger partial charge is 0.493 e. The maximum atomic E-state index is 12.9. The molecule has 1 aromatic rings. The number of ether oxygens (including phenoxy) is 1. The van der Waals surface area contributed by atoms with Crippen molar-refractivity contribution in [3.05, 3.63) is 29.6 Å². The summed E-state index contributed by atoms with van der Waals surface area (Å²) >= 11 is 0. The van der Waals surface area contributed by atoms with E-state index in [1.165, 1.54) is 12.1 Å². The first-order chi connectivity index (χ1) is 6.18. The van der Waals surface area contributed by atoms with Crippen LogP contribution in [0.5, 0.6) is 5.75 Å². The molecule has 2 nitrogen and oxygen atoms in total. The van der Waals surface area contributed by atoms with Gasteiger partial charge in [0.2, 0.25) is 0 Å². The smallest absolute Gasteiger partial charge is 0.123 e. The SMILES string of the molecule is CC(N)C1COc2ccc(F)cc21. The molecule has 2 rings (SSSR count). The summed E-state index contributed by atoms with van der Waals surface area (Å²) in [5, 5.41) is 0. The van der Waals surface area contributed by atoms with E-state index < -0.39 is 0 Å². The zero-order valence-corrected chi connectivity index (χ0v) is 7.46. The van der Waals surface area contributed by atoms with Crippen molar-refractivity contribution >= 4 is 0 Å². The summed E-state index contributed by atoms with van der Waals surface area (Å²) in [6.45, 7) is 2.48. The van der Waals surface area contributed by atoms with Crippen molar-refractivity contribution < 1.29 is 9.13 Å². The third-order valence-electron chi connectivity index (χ3n) is 2.42. The van der Waals surface area contributed by atoms with E-state index in [1.807, 2.05) is 6.92 Å². The monoisotopic (exact) mass is 181 g/mol. The number of hydrogen-bond donors (Lipinski definition) is 1. The highest BCUT2D eigenvalue weighted by Gasteiger charge is 2.27. The Kier molecular flexibility index (Phi) is 1.96. The summed E-state index contributed by atoms with van der Waals surface area (Å²) in [7, 11) is 0. The molecule has 0 bridgehead atoms. The van der Waals surface area contributed by atoms with Gasteiger partial charge in [-0.1, -0.05) is 0 Å². The van der Waals surface area contributed by atoms with Crippen molar-refractivity contribution in [2.45, 2.75) is 18.9 Å². The molecular weight excluding hydrogens is 169 g/mol. The lowest BCUT2D eigenvalue weighted by Crippen LogP contribution is -2.25. The van der Waals surface area contributed by atoms with Crippen LogP contribution in [0.1, 0.15) is 18.4 Å². The van der Waals surface area contributed by atoms with Gasteiger partial charge in [0.05, 0.1) is 6.61 Å². The van der Waals surface area contributed by atoms with Crippen molar-refractivity contribution in [2.24, 2.45) is 5.73 Å². The molecule has 0 saturated heterocycles. The van der Waals surface area contributed by atoms with Gasteiger partial charge in [-0.15, -0.1) is 0 Å². The van der Waals surface area contributed by atoms with Gasteiger partial charge in [-0.2, -0.15) is 0 Å². The zero-order chi connectivity index (χ0) is 9.42. The van der Waals surface area contributed by atoms with E-state index in [4.69, 9.17) is 10.5 Å². The summed E-state index contributed by atoms with van der Waals surface area (Å²) in [6, 6.07) is 4.58. The first kappa shape index (κ1) is 8.51. The van der Waals surface area contributed by atoms with Gasteiger partial charge in [-0.3, -0.25) is 0 Å². The Morgan fingerprint density at radius 3 is 3.08 bits per heavy atom. The molecule has 3 heteroatoms. The van der Waals surface area contributed by atoms with E-state index in [9.17, 15) is 4.39 Å². The predicted molar refractivity (Wildman–Crippen MR) is 48.3 cm³/mol. The van der Waals surface area contributed by atoms with Crippen LogP contribution in [0, 0.1) is 5.82 Å². The van der Waals surface area contributed by atoms with Gasteiger partial charge in [0.1, 0.15) is 11.6 Å². The van der Waals surface area contributed by atoms with Gasteiger partial charge in [0, 0.05) is 17.5 Å². The fourth-order valence-corrected chi connectivity index (χ4v) is 1.64. The third kappa shape index (κ3) is 1.40. The molecule has 0 saturated carbocycles. The van der Waals surface area contributed by atoms with Crippen LogP contribution in [0.15, 0.2) is 18.2 Å². The molecule has 0 aliphatic carbocycles. The molecule has 13 heavy (non-hydrogen) atoms. The van der Waals surface area contributed by atoms with Crippen molar-refractivity contribution in [1.82, 2.24) is 0 Å². The highest BCUT2D eigenvalue weighted by Crippen LogP contribution is 2.35. The first-order valence-corrected chi connectivity index (χ1v) is 4.36. The van der Waals surface area contributed by atoms with E-state index in [2.05, 4.69) is 0 Å². The molecule has 1 aliphatic heterocycles. The molecule has 0 amide bonds. The molecule has 70 valence electrons. The van der Waals surface area contributed by atoms with Crippen LogP contribution < -0.4 is 10.5 Å². The maximum absolute atomic E-state index is 12.9. The first-order valence-electron chi connectivity index (χ1n) is 4.36. The lowest BCUT2D eigenvalue weighted by molar-refractivity contribution is 0.318. The van der Waals surface area contributed by atoms with Gasteiger partial charge in [-0.25, -0.2) is 4.39 Å². The summed E-state index contributed by atoms with van der Waals surface area (Å²) in [4.78, 5) is 0. The molecule has 1 aliphatic rings. The van der Waals surface area contributed by atoms with Crippen LogP contribution in [0.25, 0.3) is 0 Å². The summed E-state index contributed by atoms with van der Waals surface area (Å²) in [5.74, 6) is 0.671. The standard InChI is InChI=1S/C10H12FNO/c1-6(12)9-5-13-10-3-2-7(11)4-8(9)10/h2-4,6,9H,5,12H2,1H3. The van der Waals surface area contributed by atoms with E-state index in [0.717, 1.165) is 11.3 Å². The second-order valence-electron chi connectivity index (χ2n) is 3.46. The van der Waals surface area contributed by atoms with Crippen molar-refractivity contribution in [3.8, 4) is 5.75 Å². The number of rotatable bonds is 1. The number of benzene rings is 1. The molecule has 0 spiro atoms. The minimum atomic E-state index is -0.227. The molecule has 2 N–H and O–H groups in total. The number of nitrogens with two attached hydrogens (primary N) is 1. The molecule has 1 heterocycles. The highest BCUT2D eigenvalue weighted by molar-refractivity contribution is 5.40. The Hall–Kier alpha value is -1.09. The van der Waals surface area contributed by atoms with Crippen LogP contribution in [0.4, 0.5) is 4.39 Å². The minimum Gasteiger partial charge on any atom is -0.493 e. The Morgan fingerprint density at radius 1 is 1.62 bits per heavy atom. The molecule has 0 aromatic heterocycles. The van der Waals surface area contributed by atoms with Crippen LogP contribution in [-0.4, -0.2) is 12.6 Å². The summed E-state index contributed by atoms with van der Waals surface area (Å²) in [5.41, 5.74) is 6.66. The predicted octanol–water partition coefficient (Wildman–Crippen LogP) is 1.65. The second-order valence-corrected chi connectivity index (χ2v) is 3.46. The normalized spacial score (nSPS) is 22.2. The van der Waals surface area contributed by atoms with Crippen LogP contribution in [0.2, 0.25) is 0 Å². The quantitative estimate of drug-likeness (QED) is 0.715.